The molecule has 1 rings (SSSR count). The Morgan fingerprint density at radius 3 is 2.35 bits per heavy atom. The van der Waals surface area contributed by atoms with Crippen LogP contribution in [0.1, 0.15) is 33.6 Å². The molecule has 0 saturated carbocycles. The molecule has 0 unspecified atom stereocenters. The second-order valence-corrected chi connectivity index (χ2v) is 6.66. The van der Waals surface area contributed by atoms with Gasteiger partial charge >= 0.3 is 0 Å². The van der Waals surface area contributed by atoms with Crippen molar-refractivity contribution in [1.82, 2.24) is 14.3 Å². The Kier molecular flexibility index (Phi) is 5.85. The first-order valence-corrected chi connectivity index (χ1v) is 7.87. The van der Waals surface area contributed by atoms with E-state index in [9.17, 15) is 8.42 Å². The molecule has 0 radical (unpaired) electrons. The number of rotatable bonds is 6. The molecule has 0 aromatic rings. The molecular weight excluding hydrogens is 238 g/mol. The third-order valence-electron chi connectivity index (χ3n) is 3.05. The van der Waals surface area contributed by atoms with E-state index in [2.05, 4.69) is 23.9 Å². The van der Waals surface area contributed by atoms with E-state index in [1.807, 2.05) is 0 Å². The van der Waals surface area contributed by atoms with Gasteiger partial charge < -0.3 is 5.32 Å². The maximum atomic E-state index is 11.8. The summed E-state index contributed by atoms with van der Waals surface area (Å²) >= 11 is 0. The Bertz CT molecular complexity index is 309. The molecule has 6 heteroatoms. The van der Waals surface area contributed by atoms with Crippen LogP contribution in [0, 0.1) is 5.92 Å². The Morgan fingerprint density at radius 2 is 1.88 bits per heavy atom. The van der Waals surface area contributed by atoms with Gasteiger partial charge in [-0.2, -0.15) is 12.7 Å². The number of hydrogen-bond donors (Lipinski definition) is 2. The van der Waals surface area contributed by atoms with Gasteiger partial charge in [-0.25, -0.2) is 4.72 Å². The second kappa shape index (κ2) is 6.68. The van der Waals surface area contributed by atoms with Gasteiger partial charge in [0.1, 0.15) is 0 Å². The molecule has 2 N–H and O–H groups in total. The van der Waals surface area contributed by atoms with Crippen LogP contribution in [0.15, 0.2) is 0 Å². The molecule has 102 valence electrons. The summed E-state index contributed by atoms with van der Waals surface area (Å²) in [4.78, 5) is 0. The highest BCUT2D eigenvalue weighted by Crippen LogP contribution is 2.18. The van der Waals surface area contributed by atoms with Crippen molar-refractivity contribution in [3.63, 3.8) is 0 Å². The third kappa shape index (κ3) is 4.91. The number of hydrogen-bond acceptors (Lipinski definition) is 3. The van der Waals surface area contributed by atoms with E-state index in [4.69, 9.17) is 0 Å². The summed E-state index contributed by atoms with van der Waals surface area (Å²) in [6, 6.07) is 0.499. The molecule has 0 aromatic heterocycles. The van der Waals surface area contributed by atoms with Crippen LogP contribution >= 0.6 is 0 Å². The molecule has 0 amide bonds. The monoisotopic (exact) mass is 263 g/mol. The molecule has 1 saturated heterocycles. The molecule has 0 bridgehead atoms. The average Bonchev–Trinajstić information content (AvgIpc) is 2.27. The fourth-order valence-electron chi connectivity index (χ4n) is 2.03. The second-order valence-electron chi connectivity index (χ2n) is 4.91. The van der Waals surface area contributed by atoms with Crippen molar-refractivity contribution in [3.8, 4) is 0 Å². The molecule has 1 fully saturated rings. The van der Waals surface area contributed by atoms with Gasteiger partial charge in [0, 0.05) is 25.7 Å². The molecule has 1 heterocycles. The van der Waals surface area contributed by atoms with Gasteiger partial charge in [0.2, 0.25) is 0 Å². The Balaban J connectivity index is 2.35. The third-order valence-corrected chi connectivity index (χ3v) is 4.75. The summed E-state index contributed by atoms with van der Waals surface area (Å²) in [5, 5.41) is 3.41. The van der Waals surface area contributed by atoms with E-state index < -0.39 is 10.2 Å². The van der Waals surface area contributed by atoms with Crippen molar-refractivity contribution < 1.29 is 8.42 Å². The minimum atomic E-state index is -3.23. The SMILES string of the molecule is CCNS(=O)(=O)N1CCC(CNC(C)C)CC1. The van der Waals surface area contributed by atoms with Crippen LogP contribution < -0.4 is 10.0 Å². The molecule has 0 aromatic carbocycles. The molecule has 0 spiro atoms. The first kappa shape index (κ1) is 14.9. The van der Waals surface area contributed by atoms with E-state index >= 15 is 0 Å². The van der Waals surface area contributed by atoms with Crippen LogP contribution in [0.4, 0.5) is 0 Å². The quantitative estimate of drug-likeness (QED) is 0.736. The number of nitrogens with zero attached hydrogens (tertiary/aromatic N) is 1. The summed E-state index contributed by atoms with van der Waals surface area (Å²) < 4.78 is 27.6. The van der Waals surface area contributed by atoms with Gasteiger partial charge in [0.05, 0.1) is 0 Å². The van der Waals surface area contributed by atoms with Crippen LogP contribution in [0.2, 0.25) is 0 Å². The van der Waals surface area contributed by atoms with E-state index in [0.29, 0.717) is 31.6 Å². The maximum Gasteiger partial charge on any atom is 0.279 e. The maximum absolute atomic E-state index is 11.8. The summed E-state index contributed by atoms with van der Waals surface area (Å²) in [6.07, 6.45) is 1.90. The molecule has 0 aliphatic carbocycles. The largest absolute Gasteiger partial charge is 0.314 e. The molecule has 5 nitrogen and oxygen atoms in total. The standard InChI is InChI=1S/C11H25N3O2S/c1-4-13-17(15,16)14-7-5-11(6-8-14)9-12-10(2)3/h10-13H,4-9H2,1-3H3. The van der Waals surface area contributed by atoms with Crippen LogP contribution in [-0.4, -0.2) is 44.9 Å². The van der Waals surface area contributed by atoms with E-state index in [-0.39, 0.29) is 0 Å². The average molecular weight is 263 g/mol. The van der Waals surface area contributed by atoms with Gasteiger partial charge in [-0.05, 0) is 25.3 Å². The van der Waals surface area contributed by atoms with Gasteiger partial charge in [-0.3, -0.25) is 0 Å². The Labute approximate surface area is 105 Å². The van der Waals surface area contributed by atoms with Crippen molar-refractivity contribution in [3.05, 3.63) is 0 Å². The van der Waals surface area contributed by atoms with Crippen molar-refractivity contribution in [2.45, 2.75) is 39.7 Å². The topological polar surface area (TPSA) is 61.4 Å². The van der Waals surface area contributed by atoms with E-state index in [0.717, 1.165) is 19.4 Å². The van der Waals surface area contributed by atoms with Gasteiger partial charge in [-0.1, -0.05) is 20.8 Å². The molecule has 1 aliphatic heterocycles. The number of nitrogens with one attached hydrogen (secondary N) is 2. The molecule has 17 heavy (non-hydrogen) atoms. The van der Waals surface area contributed by atoms with Crippen LogP contribution in [0.25, 0.3) is 0 Å². The van der Waals surface area contributed by atoms with Crippen molar-refractivity contribution in [1.29, 1.82) is 0 Å². The lowest BCUT2D eigenvalue weighted by atomic mass is 9.98. The molecule has 0 atom stereocenters. The summed E-state index contributed by atoms with van der Waals surface area (Å²) in [6.45, 7) is 8.79. The Morgan fingerprint density at radius 1 is 1.29 bits per heavy atom. The fraction of sp³-hybridized carbons (Fsp3) is 1.00. The minimum absolute atomic E-state index is 0.456. The zero-order valence-electron chi connectivity index (χ0n) is 11.1. The van der Waals surface area contributed by atoms with Crippen molar-refractivity contribution in [2.24, 2.45) is 5.92 Å². The van der Waals surface area contributed by atoms with Crippen LogP contribution in [0.3, 0.4) is 0 Å². The lowest BCUT2D eigenvalue weighted by molar-refractivity contribution is 0.262. The highest BCUT2D eigenvalue weighted by atomic mass is 32.2. The summed E-state index contributed by atoms with van der Waals surface area (Å²) in [5.74, 6) is 0.602. The summed E-state index contributed by atoms with van der Waals surface area (Å²) in [7, 11) is -3.23. The smallest absolute Gasteiger partial charge is 0.279 e. The van der Waals surface area contributed by atoms with Crippen molar-refractivity contribution >= 4 is 10.2 Å². The normalized spacial score (nSPS) is 20.0. The zero-order valence-corrected chi connectivity index (χ0v) is 11.9. The van der Waals surface area contributed by atoms with Crippen molar-refractivity contribution in [2.75, 3.05) is 26.2 Å². The first-order chi connectivity index (χ1) is 7.95. The van der Waals surface area contributed by atoms with Crippen LogP contribution in [0.5, 0.6) is 0 Å². The molecular formula is C11H25N3O2S. The fourth-order valence-corrected chi connectivity index (χ4v) is 3.27. The first-order valence-electron chi connectivity index (χ1n) is 6.43. The predicted molar refractivity (Wildman–Crippen MR) is 70.0 cm³/mol. The van der Waals surface area contributed by atoms with Crippen LogP contribution in [-0.2, 0) is 10.2 Å². The zero-order chi connectivity index (χ0) is 12.9. The van der Waals surface area contributed by atoms with E-state index in [1.165, 1.54) is 0 Å². The van der Waals surface area contributed by atoms with E-state index in [1.54, 1.807) is 11.2 Å². The number of piperidine rings is 1. The lowest BCUT2D eigenvalue weighted by Crippen LogP contribution is -2.46. The molecule has 1 aliphatic rings. The summed E-state index contributed by atoms with van der Waals surface area (Å²) in [5.41, 5.74) is 0. The van der Waals surface area contributed by atoms with Gasteiger partial charge in [0.15, 0.2) is 0 Å². The minimum Gasteiger partial charge on any atom is -0.314 e. The Hall–Kier alpha value is -0.170. The lowest BCUT2D eigenvalue weighted by Gasteiger charge is -2.31. The van der Waals surface area contributed by atoms with Gasteiger partial charge in [0.25, 0.3) is 10.2 Å². The highest BCUT2D eigenvalue weighted by Gasteiger charge is 2.26. The highest BCUT2D eigenvalue weighted by molar-refractivity contribution is 7.87. The predicted octanol–water partition coefficient (Wildman–Crippen LogP) is 0.551. The van der Waals surface area contributed by atoms with Gasteiger partial charge in [-0.15, -0.1) is 0 Å².